The predicted molar refractivity (Wildman–Crippen MR) is 135 cm³/mol. The standard InChI is InChI=1S/C28H34N2O5/c1-18(26(32)33)13-14-29-25(31)19(15-28(2,3)4)16-30-27(34)35-17-24-22-11-7-5-9-20(22)21-10-6-8-12-23(21)24/h5-13,19,24H,14-17H2,1-4H3,(H,29,31)(H,30,34)(H,32,33)/b18-13+. The summed E-state index contributed by atoms with van der Waals surface area (Å²) in [6.07, 6.45) is 1.43. The number of hydrogen-bond donors (Lipinski definition) is 3. The molecule has 35 heavy (non-hydrogen) atoms. The average Bonchev–Trinajstić information content (AvgIpc) is 3.13. The highest BCUT2D eigenvalue weighted by Gasteiger charge is 2.29. The number of carboxylic acid groups (broad SMARTS) is 1. The summed E-state index contributed by atoms with van der Waals surface area (Å²) in [5, 5.41) is 14.4. The number of amides is 2. The zero-order valence-corrected chi connectivity index (χ0v) is 20.8. The molecule has 7 heteroatoms. The molecule has 0 bridgehead atoms. The number of aliphatic carboxylic acids is 1. The van der Waals surface area contributed by atoms with Crippen LogP contribution in [0.15, 0.2) is 60.2 Å². The van der Waals surface area contributed by atoms with E-state index in [-0.39, 0.29) is 42.5 Å². The number of nitrogens with one attached hydrogen (secondary N) is 2. The Hall–Kier alpha value is -3.61. The SMILES string of the molecule is C/C(=C\CNC(=O)C(CNC(=O)OCC1c2ccccc2-c2ccccc21)CC(C)(C)C)C(=O)O. The van der Waals surface area contributed by atoms with Crippen molar-refractivity contribution in [2.45, 2.75) is 40.0 Å². The van der Waals surface area contributed by atoms with Gasteiger partial charge in [0.2, 0.25) is 5.91 Å². The highest BCUT2D eigenvalue weighted by molar-refractivity contribution is 5.86. The van der Waals surface area contributed by atoms with Crippen LogP contribution >= 0.6 is 0 Å². The van der Waals surface area contributed by atoms with Crippen LogP contribution in [0.25, 0.3) is 11.1 Å². The van der Waals surface area contributed by atoms with Gasteiger partial charge in [-0.25, -0.2) is 9.59 Å². The van der Waals surface area contributed by atoms with Crippen molar-refractivity contribution in [2.75, 3.05) is 19.7 Å². The van der Waals surface area contributed by atoms with Gasteiger partial charge in [0.15, 0.2) is 0 Å². The smallest absolute Gasteiger partial charge is 0.407 e. The molecule has 0 saturated carbocycles. The molecule has 2 aromatic carbocycles. The molecule has 0 fully saturated rings. The van der Waals surface area contributed by atoms with E-state index in [0.29, 0.717) is 6.42 Å². The monoisotopic (exact) mass is 478 g/mol. The zero-order chi connectivity index (χ0) is 25.6. The molecule has 1 aliphatic carbocycles. The Morgan fingerprint density at radius 2 is 1.57 bits per heavy atom. The molecule has 186 valence electrons. The lowest BCUT2D eigenvalue weighted by Crippen LogP contribution is -2.41. The molecule has 0 spiro atoms. The van der Waals surface area contributed by atoms with E-state index >= 15 is 0 Å². The summed E-state index contributed by atoms with van der Waals surface area (Å²) < 4.78 is 5.58. The zero-order valence-electron chi connectivity index (χ0n) is 20.8. The number of ether oxygens (including phenoxy) is 1. The first-order valence-electron chi connectivity index (χ1n) is 11.8. The van der Waals surface area contributed by atoms with Gasteiger partial charge in [-0.1, -0.05) is 75.4 Å². The number of carbonyl (C=O) groups excluding carboxylic acids is 2. The highest BCUT2D eigenvalue weighted by Crippen LogP contribution is 2.44. The average molecular weight is 479 g/mol. The molecule has 0 saturated heterocycles. The third kappa shape index (κ3) is 6.94. The molecule has 1 atom stereocenters. The minimum atomic E-state index is -1.03. The van der Waals surface area contributed by atoms with Crippen molar-refractivity contribution >= 4 is 18.0 Å². The molecule has 0 aromatic heterocycles. The summed E-state index contributed by atoms with van der Waals surface area (Å²) in [4.78, 5) is 36.2. The minimum absolute atomic E-state index is 0.0360. The van der Waals surface area contributed by atoms with E-state index in [0.717, 1.165) is 22.3 Å². The van der Waals surface area contributed by atoms with Gasteiger partial charge in [-0.15, -0.1) is 0 Å². The maximum Gasteiger partial charge on any atom is 0.407 e. The van der Waals surface area contributed by atoms with Crippen molar-refractivity contribution in [1.82, 2.24) is 10.6 Å². The van der Waals surface area contributed by atoms with Crippen LogP contribution in [0.1, 0.15) is 51.2 Å². The van der Waals surface area contributed by atoms with Crippen LogP contribution in [-0.2, 0) is 14.3 Å². The first-order valence-corrected chi connectivity index (χ1v) is 11.8. The van der Waals surface area contributed by atoms with Crippen LogP contribution in [0.5, 0.6) is 0 Å². The van der Waals surface area contributed by atoms with E-state index in [9.17, 15) is 14.4 Å². The number of fused-ring (bicyclic) bond motifs is 3. The van der Waals surface area contributed by atoms with Crippen molar-refractivity contribution in [2.24, 2.45) is 11.3 Å². The summed E-state index contributed by atoms with van der Waals surface area (Å²) in [5.41, 5.74) is 4.61. The minimum Gasteiger partial charge on any atom is -0.478 e. The molecule has 0 radical (unpaired) electrons. The summed E-state index contributed by atoms with van der Waals surface area (Å²) in [6, 6.07) is 16.3. The molecule has 0 aliphatic heterocycles. The second-order valence-corrected chi connectivity index (χ2v) is 10.1. The number of alkyl carbamates (subject to hydrolysis) is 1. The lowest BCUT2D eigenvalue weighted by Gasteiger charge is -2.25. The van der Waals surface area contributed by atoms with Crippen LogP contribution in [0.2, 0.25) is 0 Å². The fourth-order valence-electron chi connectivity index (χ4n) is 4.39. The van der Waals surface area contributed by atoms with Gasteiger partial charge in [0, 0.05) is 24.6 Å². The molecular formula is C28H34N2O5. The lowest BCUT2D eigenvalue weighted by molar-refractivity contribution is -0.132. The number of benzene rings is 2. The van der Waals surface area contributed by atoms with E-state index in [1.165, 1.54) is 13.0 Å². The topological polar surface area (TPSA) is 105 Å². The molecule has 3 N–H and O–H groups in total. The third-order valence-corrected chi connectivity index (χ3v) is 6.09. The normalized spacial score (nSPS) is 14.0. The maximum absolute atomic E-state index is 12.7. The van der Waals surface area contributed by atoms with Gasteiger partial charge in [0.05, 0.1) is 5.92 Å². The van der Waals surface area contributed by atoms with Gasteiger partial charge in [-0.3, -0.25) is 4.79 Å². The van der Waals surface area contributed by atoms with Crippen LogP contribution < -0.4 is 10.6 Å². The number of hydrogen-bond acceptors (Lipinski definition) is 4. The first kappa shape index (κ1) is 26.0. The molecule has 1 unspecified atom stereocenters. The number of carbonyl (C=O) groups is 3. The van der Waals surface area contributed by atoms with Gasteiger partial charge in [0.1, 0.15) is 6.61 Å². The Balaban J connectivity index is 1.58. The Labute approximate surface area is 206 Å². The molecule has 3 rings (SSSR count). The van der Waals surface area contributed by atoms with Crippen molar-refractivity contribution in [3.63, 3.8) is 0 Å². The quantitative estimate of drug-likeness (QED) is 0.452. The lowest BCUT2D eigenvalue weighted by atomic mass is 9.84. The molecule has 0 heterocycles. The summed E-state index contributed by atoms with van der Waals surface area (Å²) in [5.74, 6) is -1.78. The van der Waals surface area contributed by atoms with Gasteiger partial charge < -0.3 is 20.5 Å². The maximum atomic E-state index is 12.7. The van der Waals surface area contributed by atoms with Crippen molar-refractivity contribution in [1.29, 1.82) is 0 Å². The van der Waals surface area contributed by atoms with Crippen molar-refractivity contribution < 1.29 is 24.2 Å². The van der Waals surface area contributed by atoms with Gasteiger partial charge in [-0.05, 0) is 41.0 Å². The van der Waals surface area contributed by atoms with Gasteiger partial charge in [-0.2, -0.15) is 0 Å². The number of carboxylic acids is 1. The fraction of sp³-hybridized carbons (Fsp3) is 0.393. The summed E-state index contributed by atoms with van der Waals surface area (Å²) >= 11 is 0. The van der Waals surface area contributed by atoms with E-state index in [1.54, 1.807) is 0 Å². The van der Waals surface area contributed by atoms with Crippen LogP contribution in [-0.4, -0.2) is 42.8 Å². The second kappa shape index (κ2) is 11.2. The molecule has 2 amide bonds. The highest BCUT2D eigenvalue weighted by atomic mass is 16.5. The van der Waals surface area contributed by atoms with Crippen LogP contribution in [0.4, 0.5) is 4.79 Å². The Kier molecular flexibility index (Phi) is 8.33. The number of rotatable bonds is 9. The van der Waals surface area contributed by atoms with Gasteiger partial charge >= 0.3 is 12.1 Å². The predicted octanol–water partition coefficient (Wildman–Crippen LogP) is 4.72. The Morgan fingerprint density at radius 1 is 1.00 bits per heavy atom. The summed E-state index contributed by atoms with van der Waals surface area (Å²) in [6.45, 7) is 7.98. The molecular weight excluding hydrogens is 444 g/mol. The Bertz CT molecular complexity index is 1070. The third-order valence-electron chi connectivity index (χ3n) is 6.09. The van der Waals surface area contributed by atoms with Crippen LogP contribution in [0, 0.1) is 11.3 Å². The second-order valence-electron chi connectivity index (χ2n) is 10.1. The van der Waals surface area contributed by atoms with Crippen molar-refractivity contribution in [3.8, 4) is 11.1 Å². The van der Waals surface area contributed by atoms with Gasteiger partial charge in [0.25, 0.3) is 0 Å². The van der Waals surface area contributed by atoms with Crippen molar-refractivity contribution in [3.05, 3.63) is 71.3 Å². The Morgan fingerprint density at radius 3 is 2.11 bits per heavy atom. The van der Waals surface area contributed by atoms with E-state index in [1.807, 2.05) is 45.0 Å². The van der Waals surface area contributed by atoms with E-state index in [2.05, 4.69) is 34.9 Å². The van der Waals surface area contributed by atoms with E-state index in [4.69, 9.17) is 9.84 Å². The van der Waals surface area contributed by atoms with E-state index < -0.39 is 18.0 Å². The fourth-order valence-corrected chi connectivity index (χ4v) is 4.39. The summed E-state index contributed by atoms with van der Waals surface area (Å²) in [7, 11) is 0. The molecule has 1 aliphatic rings. The first-order chi connectivity index (χ1) is 16.6. The largest absolute Gasteiger partial charge is 0.478 e. The molecule has 7 nitrogen and oxygen atoms in total. The molecule has 2 aromatic rings. The van der Waals surface area contributed by atoms with Crippen LogP contribution in [0.3, 0.4) is 0 Å².